The Labute approximate surface area is 75.7 Å². The maximum Gasteiger partial charge on any atom is 0.108 e. The molecule has 3 nitrogen and oxygen atoms in total. The summed E-state index contributed by atoms with van der Waals surface area (Å²) >= 11 is 0. The predicted octanol–water partition coefficient (Wildman–Crippen LogP) is 1.92. The molecule has 0 aromatic heterocycles. The minimum absolute atomic E-state index is 0.373. The number of alkyl halides is 1. The molecule has 4 heteroatoms. The maximum absolute atomic E-state index is 12.0. The second-order valence-corrected chi connectivity index (χ2v) is 2.88. The van der Waals surface area contributed by atoms with E-state index >= 15 is 0 Å². The Morgan fingerprint density at radius 1 is 1.38 bits per heavy atom. The summed E-state index contributed by atoms with van der Waals surface area (Å²) in [5.74, 6) is 0. The third-order valence-electron chi connectivity index (χ3n) is 1.74. The van der Waals surface area contributed by atoms with E-state index in [0.29, 0.717) is 12.1 Å². The van der Waals surface area contributed by atoms with Gasteiger partial charge in [-0.15, -0.1) is 4.91 Å². The molecule has 1 aromatic rings. The minimum Gasteiger partial charge on any atom is -0.325 e. The number of hydrogen-bond acceptors (Lipinski definition) is 3. The molecule has 0 spiro atoms. The van der Waals surface area contributed by atoms with Crippen LogP contribution in [0.1, 0.15) is 5.56 Å². The van der Waals surface area contributed by atoms with Crippen molar-refractivity contribution >= 4 is 5.69 Å². The third-order valence-corrected chi connectivity index (χ3v) is 1.74. The molecule has 2 N–H and O–H groups in total. The second kappa shape index (κ2) is 4.67. The van der Waals surface area contributed by atoms with Gasteiger partial charge in [-0.05, 0) is 29.3 Å². The van der Waals surface area contributed by atoms with Crippen LogP contribution in [0, 0.1) is 4.91 Å². The molecule has 0 fully saturated rings. The SMILES string of the molecule is N[C@H](CF)Cc1ccc(N=O)cc1. The van der Waals surface area contributed by atoms with Crippen molar-refractivity contribution < 1.29 is 4.39 Å². The molecule has 0 saturated carbocycles. The lowest BCUT2D eigenvalue weighted by atomic mass is 10.1. The van der Waals surface area contributed by atoms with Crippen molar-refractivity contribution in [2.75, 3.05) is 6.67 Å². The minimum atomic E-state index is -0.534. The van der Waals surface area contributed by atoms with Crippen LogP contribution in [0.4, 0.5) is 10.1 Å². The molecule has 0 unspecified atom stereocenters. The second-order valence-electron chi connectivity index (χ2n) is 2.88. The van der Waals surface area contributed by atoms with Crippen molar-refractivity contribution in [3.8, 4) is 0 Å². The molecule has 0 radical (unpaired) electrons. The molecule has 1 rings (SSSR count). The number of hydrogen-bond donors (Lipinski definition) is 1. The first kappa shape index (κ1) is 9.80. The van der Waals surface area contributed by atoms with Gasteiger partial charge in [0, 0.05) is 6.04 Å². The van der Waals surface area contributed by atoms with Gasteiger partial charge in [-0.3, -0.25) is 0 Å². The molecule has 0 amide bonds. The van der Waals surface area contributed by atoms with Gasteiger partial charge in [0.05, 0.1) is 0 Å². The van der Waals surface area contributed by atoms with E-state index < -0.39 is 12.7 Å². The van der Waals surface area contributed by atoms with Gasteiger partial charge in [-0.1, -0.05) is 12.1 Å². The van der Waals surface area contributed by atoms with E-state index in [9.17, 15) is 9.30 Å². The van der Waals surface area contributed by atoms with E-state index in [4.69, 9.17) is 5.73 Å². The van der Waals surface area contributed by atoms with Crippen LogP contribution < -0.4 is 5.73 Å². The average Bonchev–Trinajstić information content (AvgIpc) is 2.19. The largest absolute Gasteiger partial charge is 0.325 e. The Hall–Kier alpha value is -1.29. The molecule has 1 aromatic carbocycles. The van der Waals surface area contributed by atoms with E-state index in [-0.39, 0.29) is 0 Å². The Morgan fingerprint density at radius 3 is 2.46 bits per heavy atom. The molecule has 0 aliphatic rings. The first-order chi connectivity index (χ1) is 6.26. The number of nitrogens with two attached hydrogens (primary N) is 1. The van der Waals surface area contributed by atoms with Crippen molar-refractivity contribution in [3.05, 3.63) is 34.7 Å². The van der Waals surface area contributed by atoms with Crippen LogP contribution in [0.2, 0.25) is 0 Å². The molecule has 13 heavy (non-hydrogen) atoms. The Bertz CT molecular complexity index is 273. The number of benzene rings is 1. The Kier molecular flexibility index (Phi) is 3.52. The maximum atomic E-state index is 12.0. The summed E-state index contributed by atoms with van der Waals surface area (Å²) in [6.07, 6.45) is 0.482. The molecule has 70 valence electrons. The van der Waals surface area contributed by atoms with E-state index in [1.165, 1.54) is 0 Å². The van der Waals surface area contributed by atoms with E-state index in [1.807, 2.05) is 0 Å². The normalized spacial score (nSPS) is 12.5. The first-order valence-corrected chi connectivity index (χ1v) is 4.00. The van der Waals surface area contributed by atoms with Gasteiger partial charge in [0.2, 0.25) is 0 Å². The van der Waals surface area contributed by atoms with Crippen molar-refractivity contribution in [2.45, 2.75) is 12.5 Å². The molecule has 0 saturated heterocycles. The number of halogens is 1. The summed E-state index contributed by atoms with van der Waals surface area (Å²) in [4.78, 5) is 10.1. The van der Waals surface area contributed by atoms with E-state index in [1.54, 1.807) is 24.3 Å². The van der Waals surface area contributed by atoms with E-state index in [0.717, 1.165) is 5.56 Å². The van der Waals surface area contributed by atoms with E-state index in [2.05, 4.69) is 5.18 Å². The average molecular weight is 182 g/mol. The topological polar surface area (TPSA) is 55.4 Å². The van der Waals surface area contributed by atoms with Crippen molar-refractivity contribution in [2.24, 2.45) is 10.9 Å². The Morgan fingerprint density at radius 2 is 2.00 bits per heavy atom. The van der Waals surface area contributed by atoms with Crippen LogP contribution in [-0.2, 0) is 6.42 Å². The molecule has 0 aliphatic heterocycles. The molecule has 0 heterocycles. The smallest absolute Gasteiger partial charge is 0.108 e. The van der Waals surface area contributed by atoms with Crippen molar-refractivity contribution in [1.82, 2.24) is 0 Å². The van der Waals surface area contributed by atoms with Gasteiger partial charge in [-0.2, -0.15) is 0 Å². The van der Waals surface area contributed by atoms with Crippen LogP contribution in [0.15, 0.2) is 29.4 Å². The zero-order valence-corrected chi connectivity index (χ0v) is 7.11. The summed E-state index contributed by atoms with van der Waals surface area (Å²) < 4.78 is 12.0. The summed E-state index contributed by atoms with van der Waals surface area (Å²) in [5.41, 5.74) is 6.70. The van der Waals surface area contributed by atoms with Gasteiger partial charge in [-0.25, -0.2) is 4.39 Å². The predicted molar refractivity (Wildman–Crippen MR) is 49.6 cm³/mol. The fourth-order valence-corrected chi connectivity index (χ4v) is 1.05. The number of nitroso groups, excluding NO2 is 1. The summed E-state index contributed by atoms with van der Waals surface area (Å²) in [7, 11) is 0. The summed E-state index contributed by atoms with van der Waals surface area (Å²) in [6, 6.07) is 6.18. The van der Waals surface area contributed by atoms with Crippen LogP contribution in [-0.4, -0.2) is 12.7 Å². The standard InChI is InChI=1S/C9H11FN2O/c10-6-8(11)5-7-1-3-9(12-13)4-2-7/h1-4,8H,5-6,11H2/t8-/m0/s1. The highest BCUT2D eigenvalue weighted by molar-refractivity contribution is 5.38. The van der Waals surface area contributed by atoms with Gasteiger partial charge in [0.15, 0.2) is 0 Å². The summed E-state index contributed by atoms with van der Waals surface area (Å²) in [5, 5.41) is 2.76. The highest BCUT2D eigenvalue weighted by atomic mass is 19.1. The van der Waals surface area contributed by atoms with Crippen molar-refractivity contribution in [1.29, 1.82) is 0 Å². The number of rotatable bonds is 4. The van der Waals surface area contributed by atoms with Crippen LogP contribution in [0.5, 0.6) is 0 Å². The zero-order valence-electron chi connectivity index (χ0n) is 7.11. The summed E-state index contributed by atoms with van der Waals surface area (Å²) in [6.45, 7) is -0.534. The number of nitrogens with zero attached hydrogens (tertiary/aromatic N) is 1. The quantitative estimate of drug-likeness (QED) is 0.723. The highest BCUT2D eigenvalue weighted by Crippen LogP contribution is 2.13. The molecular formula is C9H11FN2O. The van der Waals surface area contributed by atoms with Crippen molar-refractivity contribution in [3.63, 3.8) is 0 Å². The first-order valence-electron chi connectivity index (χ1n) is 4.00. The van der Waals surface area contributed by atoms with Crippen LogP contribution in [0.25, 0.3) is 0 Å². The molecule has 0 aliphatic carbocycles. The van der Waals surface area contributed by atoms with Crippen LogP contribution >= 0.6 is 0 Å². The van der Waals surface area contributed by atoms with Crippen LogP contribution in [0.3, 0.4) is 0 Å². The lowest BCUT2D eigenvalue weighted by molar-refractivity contribution is 0.427. The monoisotopic (exact) mass is 182 g/mol. The molecule has 0 bridgehead atoms. The zero-order chi connectivity index (χ0) is 9.68. The van der Waals surface area contributed by atoms with Gasteiger partial charge >= 0.3 is 0 Å². The molecule has 1 atom stereocenters. The Balaban J connectivity index is 2.63. The lowest BCUT2D eigenvalue weighted by Crippen LogP contribution is -2.24. The molecular weight excluding hydrogens is 171 g/mol. The highest BCUT2D eigenvalue weighted by Gasteiger charge is 2.02. The van der Waals surface area contributed by atoms with Gasteiger partial charge in [0.25, 0.3) is 0 Å². The van der Waals surface area contributed by atoms with Gasteiger partial charge in [0.1, 0.15) is 12.4 Å². The van der Waals surface area contributed by atoms with Gasteiger partial charge < -0.3 is 5.73 Å². The third kappa shape index (κ3) is 2.91. The fraction of sp³-hybridized carbons (Fsp3) is 0.333. The fourth-order valence-electron chi connectivity index (χ4n) is 1.05. The lowest BCUT2D eigenvalue weighted by Gasteiger charge is -2.05.